The van der Waals surface area contributed by atoms with Gasteiger partial charge in [0, 0.05) is 17.5 Å². The molecule has 0 fully saturated rings. The molecule has 3 nitrogen and oxygen atoms in total. The first kappa shape index (κ1) is 15.4. The molecule has 2 aromatic rings. The van der Waals surface area contributed by atoms with Crippen LogP contribution in [0.4, 0.5) is 5.69 Å². The van der Waals surface area contributed by atoms with E-state index in [2.05, 4.69) is 0 Å². The van der Waals surface area contributed by atoms with Gasteiger partial charge in [-0.25, -0.2) is 0 Å². The molecule has 21 heavy (non-hydrogen) atoms. The molecule has 0 unspecified atom stereocenters. The minimum Gasteiger partial charge on any atom is -0.495 e. The molecule has 0 amide bonds. The van der Waals surface area contributed by atoms with Gasteiger partial charge in [0.15, 0.2) is 5.78 Å². The van der Waals surface area contributed by atoms with Crippen molar-refractivity contribution in [2.75, 3.05) is 31.9 Å². The number of benzene rings is 2. The number of para-hydroxylation sites is 2. The molecule has 0 aliphatic heterocycles. The summed E-state index contributed by atoms with van der Waals surface area (Å²) in [6.45, 7) is 0.318. The number of likely N-dealkylation sites (N-methyl/N-ethyl adjacent to an activating group) is 1. The molecule has 0 radical (unpaired) electrons. The van der Waals surface area contributed by atoms with Crippen LogP contribution < -0.4 is 9.64 Å². The smallest absolute Gasteiger partial charge is 0.182 e. The van der Waals surface area contributed by atoms with Crippen LogP contribution >= 0.6 is 11.8 Å². The van der Waals surface area contributed by atoms with Crippen LogP contribution in [0.2, 0.25) is 0 Å². The van der Waals surface area contributed by atoms with Gasteiger partial charge in [-0.1, -0.05) is 24.3 Å². The van der Waals surface area contributed by atoms with Gasteiger partial charge in [-0.3, -0.25) is 4.79 Å². The van der Waals surface area contributed by atoms with E-state index in [4.69, 9.17) is 4.74 Å². The lowest BCUT2D eigenvalue weighted by Crippen LogP contribution is -2.26. The number of Topliss-reactive ketones (excluding diaryl/α,β-unsaturated/α-hetero) is 1. The zero-order chi connectivity index (χ0) is 15.2. The van der Waals surface area contributed by atoms with Gasteiger partial charge in [0.2, 0.25) is 0 Å². The Morgan fingerprint density at radius 3 is 2.43 bits per heavy atom. The van der Waals surface area contributed by atoms with Gasteiger partial charge in [-0.05, 0) is 30.5 Å². The fraction of sp³-hybridized carbons (Fsp3) is 0.235. The van der Waals surface area contributed by atoms with Gasteiger partial charge < -0.3 is 9.64 Å². The molecular weight excluding hydrogens is 282 g/mol. The molecule has 0 atom stereocenters. The minimum atomic E-state index is 0.0936. The Bertz CT molecular complexity index is 610. The molecule has 0 spiro atoms. The fourth-order valence-electron chi connectivity index (χ4n) is 2.11. The fourth-order valence-corrected chi connectivity index (χ4v) is 2.52. The Hall–Kier alpha value is -1.94. The van der Waals surface area contributed by atoms with Crippen LogP contribution in [0.15, 0.2) is 53.4 Å². The number of carbonyl (C=O) groups is 1. The Morgan fingerprint density at radius 2 is 1.81 bits per heavy atom. The summed E-state index contributed by atoms with van der Waals surface area (Å²) in [5.74, 6) is 0.863. The van der Waals surface area contributed by atoms with Crippen molar-refractivity contribution in [1.82, 2.24) is 0 Å². The maximum absolute atomic E-state index is 12.3. The van der Waals surface area contributed by atoms with Crippen molar-refractivity contribution in [2.24, 2.45) is 0 Å². The second-order valence-electron chi connectivity index (χ2n) is 4.68. The van der Waals surface area contributed by atoms with Crippen molar-refractivity contribution in [3.63, 3.8) is 0 Å². The van der Waals surface area contributed by atoms with E-state index < -0.39 is 0 Å². The Kier molecular flexibility index (Phi) is 5.28. The van der Waals surface area contributed by atoms with Crippen LogP contribution in [-0.4, -0.2) is 32.7 Å². The number of rotatable bonds is 6. The molecule has 2 rings (SSSR count). The van der Waals surface area contributed by atoms with Crippen LogP contribution in [-0.2, 0) is 0 Å². The molecule has 0 saturated heterocycles. The first-order chi connectivity index (χ1) is 10.2. The van der Waals surface area contributed by atoms with E-state index in [1.54, 1.807) is 18.9 Å². The third kappa shape index (κ3) is 3.79. The number of hydrogen-bond donors (Lipinski definition) is 0. The molecule has 0 bridgehead atoms. The zero-order valence-electron chi connectivity index (χ0n) is 12.5. The summed E-state index contributed by atoms with van der Waals surface area (Å²) in [5, 5.41) is 0. The van der Waals surface area contributed by atoms with Crippen molar-refractivity contribution < 1.29 is 9.53 Å². The van der Waals surface area contributed by atoms with Crippen LogP contribution in [0.5, 0.6) is 5.75 Å². The minimum absolute atomic E-state index is 0.0936. The van der Waals surface area contributed by atoms with E-state index in [0.717, 1.165) is 21.9 Å². The molecular formula is C17H19NO2S. The summed E-state index contributed by atoms with van der Waals surface area (Å²) >= 11 is 1.67. The van der Waals surface area contributed by atoms with E-state index in [-0.39, 0.29) is 5.78 Å². The highest BCUT2D eigenvalue weighted by Crippen LogP contribution is 2.26. The Morgan fingerprint density at radius 1 is 1.14 bits per heavy atom. The van der Waals surface area contributed by atoms with E-state index in [9.17, 15) is 4.79 Å². The topological polar surface area (TPSA) is 29.5 Å². The number of thioether (sulfide) groups is 1. The predicted octanol–water partition coefficient (Wildman–Crippen LogP) is 3.74. The van der Waals surface area contributed by atoms with Gasteiger partial charge in [-0.15, -0.1) is 11.8 Å². The van der Waals surface area contributed by atoms with Gasteiger partial charge in [0.25, 0.3) is 0 Å². The third-order valence-electron chi connectivity index (χ3n) is 3.29. The van der Waals surface area contributed by atoms with Crippen molar-refractivity contribution >= 4 is 23.2 Å². The number of anilines is 1. The molecule has 0 saturated carbocycles. The Balaban J connectivity index is 2.11. The van der Waals surface area contributed by atoms with Gasteiger partial charge in [0.05, 0.1) is 19.3 Å². The van der Waals surface area contributed by atoms with E-state index in [0.29, 0.717) is 6.54 Å². The number of hydrogen-bond acceptors (Lipinski definition) is 4. The van der Waals surface area contributed by atoms with Gasteiger partial charge in [-0.2, -0.15) is 0 Å². The van der Waals surface area contributed by atoms with Crippen LogP contribution in [0.25, 0.3) is 0 Å². The van der Waals surface area contributed by atoms with Crippen molar-refractivity contribution in [3.8, 4) is 5.75 Å². The lowest BCUT2D eigenvalue weighted by molar-refractivity contribution is 0.1000. The van der Waals surface area contributed by atoms with Crippen molar-refractivity contribution in [3.05, 3.63) is 54.1 Å². The third-order valence-corrected chi connectivity index (χ3v) is 4.03. The first-order valence-electron chi connectivity index (χ1n) is 6.67. The summed E-state index contributed by atoms with van der Waals surface area (Å²) in [5.41, 5.74) is 1.64. The van der Waals surface area contributed by atoms with Gasteiger partial charge in [0.1, 0.15) is 5.75 Å². The monoisotopic (exact) mass is 301 g/mol. The molecule has 4 heteroatoms. The molecule has 110 valence electrons. The summed E-state index contributed by atoms with van der Waals surface area (Å²) in [6, 6.07) is 15.4. The van der Waals surface area contributed by atoms with Crippen LogP contribution in [0.3, 0.4) is 0 Å². The molecule has 0 aliphatic carbocycles. The number of carbonyl (C=O) groups excluding carboxylic acids is 1. The summed E-state index contributed by atoms with van der Waals surface area (Å²) < 4.78 is 5.33. The zero-order valence-corrected chi connectivity index (χ0v) is 13.3. The van der Waals surface area contributed by atoms with Crippen molar-refractivity contribution in [1.29, 1.82) is 0 Å². The predicted molar refractivity (Wildman–Crippen MR) is 88.8 cm³/mol. The molecule has 2 aromatic carbocycles. The summed E-state index contributed by atoms with van der Waals surface area (Å²) in [6.07, 6.45) is 2.02. The van der Waals surface area contributed by atoms with Crippen LogP contribution in [0.1, 0.15) is 10.4 Å². The summed E-state index contributed by atoms with van der Waals surface area (Å²) in [7, 11) is 3.53. The van der Waals surface area contributed by atoms with E-state index >= 15 is 0 Å². The standard InChI is InChI=1S/C17H19NO2S/c1-18(15-6-4-5-7-17(15)20-2)12-16(19)13-8-10-14(21-3)11-9-13/h4-11H,12H2,1-3H3. The lowest BCUT2D eigenvalue weighted by Gasteiger charge is -2.20. The quantitative estimate of drug-likeness (QED) is 0.600. The molecule has 0 N–H and O–H groups in total. The average molecular weight is 301 g/mol. The number of ether oxygens (including phenoxy) is 1. The number of ketones is 1. The summed E-state index contributed by atoms with van der Waals surface area (Å²) in [4.78, 5) is 15.4. The Labute approximate surface area is 129 Å². The highest BCUT2D eigenvalue weighted by atomic mass is 32.2. The van der Waals surface area contributed by atoms with Crippen molar-refractivity contribution in [2.45, 2.75) is 4.90 Å². The number of methoxy groups -OCH3 is 1. The molecule has 0 aromatic heterocycles. The largest absolute Gasteiger partial charge is 0.495 e. The highest BCUT2D eigenvalue weighted by Gasteiger charge is 2.13. The number of nitrogens with zero attached hydrogens (tertiary/aromatic N) is 1. The van der Waals surface area contributed by atoms with Crippen LogP contribution in [0, 0.1) is 0 Å². The SMILES string of the molecule is COc1ccccc1N(C)CC(=O)c1ccc(SC)cc1. The second-order valence-corrected chi connectivity index (χ2v) is 5.56. The van der Waals surface area contributed by atoms with Gasteiger partial charge >= 0.3 is 0 Å². The lowest BCUT2D eigenvalue weighted by atomic mass is 10.1. The average Bonchev–Trinajstić information content (AvgIpc) is 2.54. The molecule has 0 heterocycles. The molecule has 0 aliphatic rings. The second kappa shape index (κ2) is 7.18. The normalized spacial score (nSPS) is 10.2. The maximum atomic E-state index is 12.3. The maximum Gasteiger partial charge on any atom is 0.182 e. The highest BCUT2D eigenvalue weighted by molar-refractivity contribution is 7.98. The van der Waals surface area contributed by atoms with E-state index in [1.165, 1.54) is 0 Å². The van der Waals surface area contributed by atoms with E-state index in [1.807, 2.05) is 66.7 Å². The first-order valence-corrected chi connectivity index (χ1v) is 7.89.